The van der Waals surface area contributed by atoms with Crippen LogP contribution in [0.5, 0.6) is 0 Å². The van der Waals surface area contributed by atoms with Gasteiger partial charge in [0.1, 0.15) is 5.82 Å². The molecule has 0 heterocycles. The topological polar surface area (TPSA) is 20.2 Å². The van der Waals surface area contributed by atoms with Crippen molar-refractivity contribution in [3.05, 3.63) is 70.5 Å². The van der Waals surface area contributed by atoms with Gasteiger partial charge in [-0.3, -0.25) is 0 Å². The molecule has 5 rings (SSSR count). The fourth-order valence-corrected chi connectivity index (χ4v) is 7.13. The third-order valence-electron chi connectivity index (χ3n) is 9.26. The largest absolute Gasteiger partial charge is 0.393 e. The van der Waals surface area contributed by atoms with Crippen molar-refractivity contribution in [3.63, 3.8) is 0 Å². The van der Waals surface area contributed by atoms with Gasteiger partial charge in [-0.15, -0.1) is 0 Å². The Labute approximate surface area is 201 Å². The molecule has 184 valence electrons. The molecule has 0 spiro atoms. The molecule has 0 aromatic heterocycles. The molecule has 2 aromatic rings. The quantitative estimate of drug-likeness (QED) is 0.476. The average molecular weight is 471 g/mol. The van der Waals surface area contributed by atoms with Gasteiger partial charge >= 0.3 is 0 Å². The first-order valence-corrected chi connectivity index (χ1v) is 13.4. The van der Waals surface area contributed by atoms with Crippen LogP contribution in [0.4, 0.5) is 13.2 Å². The molecular weight excluding hydrogens is 433 g/mol. The van der Waals surface area contributed by atoms with Crippen molar-refractivity contribution in [2.45, 2.75) is 101 Å². The third kappa shape index (κ3) is 5.22. The van der Waals surface area contributed by atoms with Crippen molar-refractivity contribution in [1.82, 2.24) is 0 Å². The van der Waals surface area contributed by atoms with Crippen molar-refractivity contribution < 1.29 is 18.3 Å². The van der Waals surface area contributed by atoms with Crippen LogP contribution in [-0.2, 0) is 0 Å². The Hall–Kier alpha value is -1.81. The van der Waals surface area contributed by atoms with Gasteiger partial charge in [-0.05, 0) is 142 Å². The monoisotopic (exact) mass is 470 g/mol. The molecule has 3 saturated carbocycles. The Balaban J connectivity index is 1.16. The molecule has 1 nitrogen and oxygen atoms in total. The SMILES string of the molecule is OC1CCC(C2CCC(c3ccc(C4CCC(c5ccc(F)c(F)c5)CC4)c(F)c3)CC2)CC1. The minimum atomic E-state index is -0.804. The maximum Gasteiger partial charge on any atom is 0.159 e. The van der Waals surface area contributed by atoms with Gasteiger partial charge in [-0.2, -0.15) is 0 Å². The second-order valence-electron chi connectivity index (χ2n) is 11.2. The van der Waals surface area contributed by atoms with Gasteiger partial charge in [-0.25, -0.2) is 13.2 Å². The van der Waals surface area contributed by atoms with Crippen molar-refractivity contribution in [1.29, 1.82) is 0 Å². The molecule has 4 heteroatoms. The van der Waals surface area contributed by atoms with Gasteiger partial charge in [0.05, 0.1) is 6.10 Å². The van der Waals surface area contributed by atoms with E-state index in [0.717, 1.165) is 92.7 Å². The maximum atomic E-state index is 15.2. The Kier molecular flexibility index (Phi) is 7.34. The van der Waals surface area contributed by atoms with E-state index in [9.17, 15) is 13.9 Å². The first-order chi connectivity index (χ1) is 16.5. The number of hydrogen-bond acceptors (Lipinski definition) is 1. The maximum absolute atomic E-state index is 15.2. The van der Waals surface area contributed by atoms with Gasteiger partial charge in [-0.1, -0.05) is 18.2 Å². The molecule has 0 aliphatic heterocycles. The molecule has 2 aromatic carbocycles. The van der Waals surface area contributed by atoms with Crippen LogP contribution in [0.15, 0.2) is 36.4 Å². The minimum absolute atomic E-state index is 0.0721. The standard InChI is InChI=1S/C30H37F3O/c31-28-16-12-25(18-30(28)33)22-5-7-23(8-6-22)27-15-11-24(17-29(27)32)21-3-1-19(2-4-21)20-9-13-26(34)14-10-20/h11-12,15-23,26,34H,1-10,13-14H2. The Morgan fingerprint density at radius 2 is 0.971 bits per heavy atom. The highest BCUT2D eigenvalue weighted by Crippen LogP contribution is 2.45. The van der Waals surface area contributed by atoms with Crippen molar-refractivity contribution in [3.8, 4) is 0 Å². The van der Waals surface area contributed by atoms with Crippen LogP contribution in [0.3, 0.4) is 0 Å². The van der Waals surface area contributed by atoms with E-state index in [1.165, 1.54) is 25.0 Å². The molecule has 0 radical (unpaired) electrons. The lowest BCUT2D eigenvalue weighted by molar-refractivity contribution is 0.0805. The molecule has 34 heavy (non-hydrogen) atoms. The molecular formula is C30H37F3O. The van der Waals surface area contributed by atoms with Crippen LogP contribution in [0.1, 0.15) is 111 Å². The normalized spacial score (nSPS) is 32.5. The highest BCUT2D eigenvalue weighted by atomic mass is 19.2. The van der Waals surface area contributed by atoms with E-state index < -0.39 is 11.6 Å². The van der Waals surface area contributed by atoms with Crippen LogP contribution in [-0.4, -0.2) is 11.2 Å². The Morgan fingerprint density at radius 1 is 0.500 bits per heavy atom. The fraction of sp³-hybridized carbons (Fsp3) is 0.600. The number of benzene rings is 2. The molecule has 0 saturated heterocycles. The summed E-state index contributed by atoms with van der Waals surface area (Å²) in [5, 5.41) is 9.78. The van der Waals surface area contributed by atoms with Crippen molar-refractivity contribution >= 4 is 0 Å². The molecule has 0 unspecified atom stereocenters. The van der Waals surface area contributed by atoms with Crippen LogP contribution in [0.25, 0.3) is 0 Å². The zero-order valence-corrected chi connectivity index (χ0v) is 20.0. The van der Waals surface area contributed by atoms with E-state index in [2.05, 4.69) is 6.07 Å². The lowest BCUT2D eigenvalue weighted by Crippen LogP contribution is -2.27. The second-order valence-corrected chi connectivity index (χ2v) is 11.2. The van der Waals surface area contributed by atoms with E-state index >= 15 is 4.39 Å². The second kappa shape index (κ2) is 10.4. The molecule has 0 bridgehead atoms. The summed E-state index contributed by atoms with van der Waals surface area (Å²) in [6.45, 7) is 0. The van der Waals surface area contributed by atoms with Crippen LogP contribution in [0.2, 0.25) is 0 Å². The van der Waals surface area contributed by atoms with Crippen molar-refractivity contribution in [2.75, 3.05) is 0 Å². The Morgan fingerprint density at radius 3 is 1.53 bits per heavy atom. The Bertz CT molecular complexity index is 965. The van der Waals surface area contributed by atoms with Gasteiger partial charge < -0.3 is 5.11 Å². The van der Waals surface area contributed by atoms with Crippen LogP contribution >= 0.6 is 0 Å². The van der Waals surface area contributed by atoms with E-state index in [0.29, 0.717) is 5.92 Å². The molecule has 3 aliphatic carbocycles. The van der Waals surface area contributed by atoms with E-state index in [4.69, 9.17) is 0 Å². The highest BCUT2D eigenvalue weighted by Gasteiger charge is 2.31. The summed E-state index contributed by atoms with van der Waals surface area (Å²) in [5.74, 6) is 0.761. The first-order valence-electron chi connectivity index (χ1n) is 13.4. The molecule has 0 atom stereocenters. The van der Waals surface area contributed by atoms with E-state index in [1.54, 1.807) is 12.1 Å². The number of hydrogen-bond donors (Lipinski definition) is 1. The number of aliphatic hydroxyl groups excluding tert-OH is 1. The fourth-order valence-electron chi connectivity index (χ4n) is 7.13. The van der Waals surface area contributed by atoms with Crippen LogP contribution < -0.4 is 0 Å². The van der Waals surface area contributed by atoms with E-state index in [-0.39, 0.29) is 23.8 Å². The molecule has 3 aliphatic rings. The number of halogens is 3. The van der Waals surface area contributed by atoms with Gasteiger partial charge in [0.2, 0.25) is 0 Å². The zero-order valence-electron chi connectivity index (χ0n) is 20.0. The van der Waals surface area contributed by atoms with Crippen LogP contribution in [0, 0.1) is 29.3 Å². The summed E-state index contributed by atoms with van der Waals surface area (Å²) < 4.78 is 42.1. The number of aliphatic hydroxyl groups is 1. The van der Waals surface area contributed by atoms with Crippen molar-refractivity contribution in [2.24, 2.45) is 11.8 Å². The predicted octanol–water partition coefficient (Wildman–Crippen LogP) is 8.37. The number of rotatable bonds is 4. The summed E-state index contributed by atoms with van der Waals surface area (Å²) in [6.07, 6.45) is 12.4. The van der Waals surface area contributed by atoms with Gasteiger partial charge in [0.15, 0.2) is 11.6 Å². The summed E-state index contributed by atoms with van der Waals surface area (Å²) in [4.78, 5) is 0. The van der Waals surface area contributed by atoms with Gasteiger partial charge in [0.25, 0.3) is 0 Å². The smallest absolute Gasteiger partial charge is 0.159 e. The first kappa shape index (κ1) is 23.9. The average Bonchev–Trinajstić information content (AvgIpc) is 2.86. The predicted molar refractivity (Wildman–Crippen MR) is 129 cm³/mol. The summed E-state index contributed by atoms with van der Waals surface area (Å²) >= 11 is 0. The third-order valence-corrected chi connectivity index (χ3v) is 9.26. The molecule has 1 N–H and O–H groups in total. The minimum Gasteiger partial charge on any atom is -0.393 e. The van der Waals surface area contributed by atoms with E-state index in [1.807, 2.05) is 6.07 Å². The summed E-state index contributed by atoms with van der Waals surface area (Å²) in [7, 11) is 0. The molecule has 3 fully saturated rings. The highest BCUT2D eigenvalue weighted by molar-refractivity contribution is 5.31. The lowest BCUT2D eigenvalue weighted by atomic mass is 9.69. The summed E-state index contributed by atoms with van der Waals surface area (Å²) in [5.41, 5.74) is 2.82. The lowest BCUT2D eigenvalue weighted by Gasteiger charge is -2.37. The molecule has 0 amide bonds. The summed E-state index contributed by atoms with van der Waals surface area (Å²) in [6, 6.07) is 10.2. The van der Waals surface area contributed by atoms with Gasteiger partial charge in [0, 0.05) is 0 Å². The zero-order chi connectivity index (χ0) is 23.7.